The molecule has 0 spiro atoms. The zero-order chi connectivity index (χ0) is 18.5. The number of rotatable bonds is 7. The molecule has 1 aromatic rings. The Morgan fingerprint density at radius 1 is 1.38 bits per heavy atom. The molecule has 1 fully saturated rings. The lowest BCUT2D eigenvalue weighted by Gasteiger charge is -2.24. The smallest absolute Gasteiger partial charge is 0.225 e. The minimum atomic E-state index is 0.0224. The molecule has 1 saturated carbocycles. The monoisotopic (exact) mass is 359 g/mol. The first kappa shape index (κ1) is 18.8. The molecule has 6 heteroatoms. The van der Waals surface area contributed by atoms with E-state index in [1.165, 1.54) is 0 Å². The normalized spacial score (nSPS) is 22.0. The third-order valence-corrected chi connectivity index (χ3v) is 5.57. The summed E-state index contributed by atoms with van der Waals surface area (Å²) in [5.41, 5.74) is 2.13. The fourth-order valence-corrected chi connectivity index (χ4v) is 3.98. The highest BCUT2D eigenvalue weighted by molar-refractivity contribution is 5.92. The average Bonchev–Trinajstić information content (AvgIpc) is 3.11. The van der Waals surface area contributed by atoms with Gasteiger partial charge in [0.25, 0.3) is 0 Å². The summed E-state index contributed by atoms with van der Waals surface area (Å²) < 4.78 is 5.44. The van der Waals surface area contributed by atoms with Crippen LogP contribution in [0.2, 0.25) is 0 Å². The van der Waals surface area contributed by atoms with Crippen molar-refractivity contribution in [3.63, 3.8) is 0 Å². The molecule has 0 saturated heterocycles. The molecule has 3 rings (SSSR count). The molecule has 1 aromatic heterocycles. The molecule has 6 nitrogen and oxygen atoms in total. The first-order valence-corrected chi connectivity index (χ1v) is 9.67. The number of hydrogen-bond donors (Lipinski definition) is 1. The van der Waals surface area contributed by atoms with Crippen molar-refractivity contribution >= 4 is 17.6 Å². The van der Waals surface area contributed by atoms with E-state index < -0.39 is 0 Å². The molecular formula is C20H29N3O3. The minimum absolute atomic E-state index is 0.0224. The number of nitrogens with zero attached hydrogens (tertiary/aromatic N) is 2. The minimum Gasteiger partial charge on any atom is -0.381 e. The summed E-state index contributed by atoms with van der Waals surface area (Å²) >= 11 is 0. The highest BCUT2D eigenvalue weighted by Crippen LogP contribution is 2.28. The summed E-state index contributed by atoms with van der Waals surface area (Å²) in [5.74, 6) is 1.45. The quantitative estimate of drug-likeness (QED) is 0.812. The van der Waals surface area contributed by atoms with Crippen molar-refractivity contribution in [1.82, 2.24) is 9.88 Å². The number of carbonyl (C=O) groups excluding carboxylic acids is 2. The summed E-state index contributed by atoms with van der Waals surface area (Å²) in [5, 5.41) is 2.79. The van der Waals surface area contributed by atoms with Gasteiger partial charge >= 0.3 is 0 Å². The van der Waals surface area contributed by atoms with Gasteiger partial charge in [-0.2, -0.15) is 0 Å². The molecule has 2 heterocycles. The van der Waals surface area contributed by atoms with E-state index in [2.05, 4.69) is 16.4 Å². The molecule has 2 unspecified atom stereocenters. The van der Waals surface area contributed by atoms with Crippen molar-refractivity contribution in [2.45, 2.75) is 58.0 Å². The summed E-state index contributed by atoms with van der Waals surface area (Å²) in [6.07, 6.45) is 7.85. The van der Waals surface area contributed by atoms with E-state index >= 15 is 0 Å². The van der Waals surface area contributed by atoms with Crippen molar-refractivity contribution in [3.8, 4) is 0 Å². The zero-order valence-corrected chi connectivity index (χ0v) is 15.8. The average molecular weight is 359 g/mol. The molecule has 0 aromatic carbocycles. The van der Waals surface area contributed by atoms with E-state index in [9.17, 15) is 9.59 Å². The maximum atomic E-state index is 12.6. The van der Waals surface area contributed by atoms with Crippen LogP contribution in [0.4, 0.5) is 5.82 Å². The van der Waals surface area contributed by atoms with E-state index in [-0.39, 0.29) is 11.8 Å². The number of anilines is 1. The number of pyridine rings is 1. The number of fused-ring (bicyclic) bond motifs is 1. The van der Waals surface area contributed by atoms with E-state index in [0.29, 0.717) is 37.1 Å². The molecule has 1 aliphatic heterocycles. The SMILES string of the molecule is CCN(CC1CCC(OC)C1)C(=O)CCc1cnc2c(c1)CCC(=O)N2. The van der Waals surface area contributed by atoms with Gasteiger partial charge in [-0.3, -0.25) is 9.59 Å². The van der Waals surface area contributed by atoms with Crippen LogP contribution >= 0.6 is 0 Å². The van der Waals surface area contributed by atoms with E-state index in [1.54, 1.807) is 13.3 Å². The summed E-state index contributed by atoms with van der Waals surface area (Å²) in [4.78, 5) is 30.4. The highest BCUT2D eigenvalue weighted by Gasteiger charge is 2.27. The predicted molar refractivity (Wildman–Crippen MR) is 99.9 cm³/mol. The van der Waals surface area contributed by atoms with Gasteiger partial charge in [-0.1, -0.05) is 6.07 Å². The Labute approximate surface area is 155 Å². The van der Waals surface area contributed by atoms with Crippen LogP contribution in [0.1, 0.15) is 50.2 Å². The van der Waals surface area contributed by atoms with Gasteiger partial charge < -0.3 is 15.0 Å². The molecule has 0 radical (unpaired) electrons. The lowest BCUT2D eigenvalue weighted by atomic mass is 10.0. The van der Waals surface area contributed by atoms with Crippen LogP contribution in [0.15, 0.2) is 12.3 Å². The fourth-order valence-electron chi connectivity index (χ4n) is 3.98. The molecule has 142 valence electrons. The second kappa shape index (κ2) is 8.62. The standard InChI is InChI=1S/C20H29N3O3/c1-3-23(13-15-4-7-17(11-15)26-2)19(25)9-5-14-10-16-6-8-18(24)22-20(16)21-12-14/h10,12,15,17H,3-9,11,13H2,1-2H3,(H,21,22,24). The second-order valence-electron chi connectivity index (χ2n) is 7.37. The maximum absolute atomic E-state index is 12.6. The largest absolute Gasteiger partial charge is 0.381 e. The van der Waals surface area contributed by atoms with Crippen molar-refractivity contribution < 1.29 is 14.3 Å². The third-order valence-electron chi connectivity index (χ3n) is 5.57. The molecular weight excluding hydrogens is 330 g/mol. The molecule has 2 amide bonds. The fraction of sp³-hybridized carbons (Fsp3) is 0.650. The van der Waals surface area contributed by atoms with Gasteiger partial charge in [0.1, 0.15) is 5.82 Å². The van der Waals surface area contributed by atoms with Gasteiger partial charge in [0.05, 0.1) is 6.10 Å². The Balaban J connectivity index is 1.51. The lowest BCUT2D eigenvalue weighted by Crippen LogP contribution is -2.35. The summed E-state index contributed by atoms with van der Waals surface area (Å²) in [6, 6.07) is 2.07. The molecule has 1 aliphatic carbocycles. The van der Waals surface area contributed by atoms with Gasteiger partial charge in [0.15, 0.2) is 0 Å². The van der Waals surface area contributed by atoms with Gasteiger partial charge in [0.2, 0.25) is 11.8 Å². The second-order valence-corrected chi connectivity index (χ2v) is 7.37. The van der Waals surface area contributed by atoms with Crippen LogP contribution in [-0.2, 0) is 27.2 Å². The number of amides is 2. The Bertz CT molecular complexity index is 662. The molecule has 26 heavy (non-hydrogen) atoms. The number of aromatic nitrogens is 1. The topological polar surface area (TPSA) is 71.5 Å². The predicted octanol–water partition coefficient (Wildman–Crippen LogP) is 2.56. The number of aryl methyl sites for hydroxylation is 2. The lowest BCUT2D eigenvalue weighted by molar-refractivity contribution is -0.131. The van der Waals surface area contributed by atoms with E-state index in [4.69, 9.17) is 4.74 Å². The van der Waals surface area contributed by atoms with Crippen molar-refractivity contribution in [2.24, 2.45) is 5.92 Å². The number of nitrogens with one attached hydrogen (secondary N) is 1. The number of hydrogen-bond acceptors (Lipinski definition) is 4. The van der Waals surface area contributed by atoms with Gasteiger partial charge in [-0.25, -0.2) is 4.98 Å². The van der Waals surface area contributed by atoms with Crippen molar-refractivity contribution in [2.75, 3.05) is 25.5 Å². The number of methoxy groups -OCH3 is 1. The van der Waals surface area contributed by atoms with Gasteiger partial charge in [-0.15, -0.1) is 0 Å². The maximum Gasteiger partial charge on any atom is 0.225 e. The van der Waals surface area contributed by atoms with Crippen LogP contribution < -0.4 is 5.32 Å². The Hall–Kier alpha value is -1.95. The molecule has 1 N–H and O–H groups in total. The van der Waals surface area contributed by atoms with Crippen molar-refractivity contribution in [3.05, 3.63) is 23.4 Å². The van der Waals surface area contributed by atoms with Crippen LogP contribution in [-0.4, -0.2) is 48.0 Å². The Morgan fingerprint density at radius 3 is 2.96 bits per heavy atom. The first-order chi connectivity index (χ1) is 12.6. The number of ether oxygens (including phenoxy) is 1. The third kappa shape index (κ3) is 4.61. The van der Waals surface area contributed by atoms with Crippen LogP contribution in [0, 0.1) is 5.92 Å². The molecule has 2 atom stereocenters. The number of carbonyl (C=O) groups is 2. The Morgan fingerprint density at radius 2 is 2.23 bits per heavy atom. The molecule has 2 aliphatic rings. The summed E-state index contributed by atoms with van der Waals surface area (Å²) in [7, 11) is 1.77. The molecule has 0 bridgehead atoms. The summed E-state index contributed by atoms with van der Waals surface area (Å²) in [6.45, 7) is 3.63. The van der Waals surface area contributed by atoms with Crippen molar-refractivity contribution in [1.29, 1.82) is 0 Å². The van der Waals surface area contributed by atoms with Gasteiger partial charge in [-0.05, 0) is 56.1 Å². The zero-order valence-electron chi connectivity index (χ0n) is 15.8. The van der Waals surface area contributed by atoms with Crippen LogP contribution in [0.5, 0.6) is 0 Å². The first-order valence-electron chi connectivity index (χ1n) is 9.67. The van der Waals surface area contributed by atoms with Gasteiger partial charge in [0, 0.05) is 39.2 Å². The van der Waals surface area contributed by atoms with Crippen LogP contribution in [0.25, 0.3) is 0 Å². The Kier molecular flexibility index (Phi) is 6.25. The highest BCUT2D eigenvalue weighted by atomic mass is 16.5. The van der Waals surface area contributed by atoms with Crippen LogP contribution in [0.3, 0.4) is 0 Å². The van der Waals surface area contributed by atoms with E-state index in [1.807, 2.05) is 11.8 Å². The van der Waals surface area contributed by atoms with E-state index in [0.717, 1.165) is 49.9 Å².